The van der Waals surface area contributed by atoms with Crippen LogP contribution in [0.2, 0.25) is 0 Å². The number of rotatable bonds is 4. The van der Waals surface area contributed by atoms with Gasteiger partial charge >= 0.3 is 0 Å². The van der Waals surface area contributed by atoms with Crippen LogP contribution in [0, 0.1) is 0 Å². The van der Waals surface area contributed by atoms with Crippen molar-refractivity contribution in [3.05, 3.63) is 71.0 Å². The third-order valence-electron chi connectivity index (χ3n) is 3.34. The van der Waals surface area contributed by atoms with E-state index in [2.05, 4.69) is 0 Å². The highest BCUT2D eigenvalue weighted by Crippen LogP contribution is 2.15. The second-order valence-corrected chi connectivity index (χ2v) is 4.80. The predicted molar refractivity (Wildman–Crippen MR) is 84.6 cm³/mol. The van der Waals surface area contributed by atoms with Crippen molar-refractivity contribution in [1.29, 1.82) is 0 Å². The summed E-state index contributed by atoms with van der Waals surface area (Å²) in [7, 11) is 0. The first-order valence-electron chi connectivity index (χ1n) is 6.81. The van der Waals surface area contributed by atoms with Crippen molar-refractivity contribution in [1.82, 2.24) is 4.57 Å². The van der Waals surface area contributed by atoms with E-state index in [1.54, 1.807) is 16.7 Å². The molecule has 0 unspecified atom stereocenters. The van der Waals surface area contributed by atoms with Crippen molar-refractivity contribution in [2.45, 2.75) is 6.54 Å². The molecule has 0 atom stereocenters. The van der Waals surface area contributed by atoms with Gasteiger partial charge in [0.15, 0.2) is 0 Å². The van der Waals surface area contributed by atoms with E-state index in [0.717, 1.165) is 10.9 Å². The molecule has 1 heterocycles. The number of ether oxygens (including phenoxy) is 1. The molecule has 3 rings (SSSR count). The quantitative estimate of drug-likeness (QED) is 0.747. The Morgan fingerprint density at radius 1 is 1.00 bits per heavy atom. The third-order valence-corrected chi connectivity index (χ3v) is 3.34. The lowest BCUT2D eigenvalue weighted by Crippen LogP contribution is -2.22. The van der Waals surface area contributed by atoms with Crippen LogP contribution < -0.4 is 16.0 Å². The Kier molecular flexibility index (Phi) is 3.60. The third kappa shape index (κ3) is 2.89. The molecule has 4 heteroatoms. The molecule has 2 aromatic carbocycles. The molecule has 0 saturated carbocycles. The number of hydrogen-bond acceptors (Lipinski definition) is 3. The number of hydrogen-bond donors (Lipinski definition) is 1. The Morgan fingerprint density at radius 2 is 1.86 bits per heavy atom. The topological polar surface area (TPSA) is 57.2 Å². The van der Waals surface area contributed by atoms with Crippen LogP contribution >= 0.6 is 0 Å². The van der Waals surface area contributed by atoms with Gasteiger partial charge in [0.2, 0.25) is 0 Å². The number of aromatic nitrogens is 1. The highest BCUT2D eigenvalue weighted by atomic mass is 16.5. The van der Waals surface area contributed by atoms with Crippen molar-refractivity contribution in [2.75, 3.05) is 12.3 Å². The number of pyridine rings is 1. The predicted octanol–water partition coefficient (Wildman–Crippen LogP) is 2.66. The van der Waals surface area contributed by atoms with E-state index in [4.69, 9.17) is 10.5 Å². The fraction of sp³-hybridized carbons (Fsp3) is 0.118. The highest BCUT2D eigenvalue weighted by Gasteiger charge is 2.02. The molecule has 0 bridgehead atoms. The van der Waals surface area contributed by atoms with Gasteiger partial charge in [0, 0.05) is 17.8 Å². The molecule has 0 amide bonds. The van der Waals surface area contributed by atoms with E-state index in [0.29, 0.717) is 24.6 Å². The first-order valence-corrected chi connectivity index (χ1v) is 6.81. The molecule has 3 aromatic rings. The van der Waals surface area contributed by atoms with Gasteiger partial charge in [-0.05, 0) is 29.7 Å². The van der Waals surface area contributed by atoms with Crippen molar-refractivity contribution in [2.24, 2.45) is 0 Å². The molecule has 0 aliphatic rings. The molecule has 0 aliphatic carbocycles. The summed E-state index contributed by atoms with van der Waals surface area (Å²) in [5, 5.41) is 1.04. The maximum atomic E-state index is 12.0. The summed E-state index contributed by atoms with van der Waals surface area (Å²) in [5.74, 6) is 0.711. The van der Waals surface area contributed by atoms with Crippen LogP contribution in [-0.2, 0) is 6.54 Å². The van der Waals surface area contributed by atoms with E-state index in [-0.39, 0.29) is 5.56 Å². The minimum atomic E-state index is -0.0233. The maximum Gasteiger partial charge on any atom is 0.251 e. The number of benzene rings is 2. The fourth-order valence-corrected chi connectivity index (χ4v) is 2.33. The lowest BCUT2D eigenvalue weighted by molar-refractivity contribution is 0.299. The molecule has 4 nitrogen and oxygen atoms in total. The molecule has 1 aromatic heterocycles. The van der Waals surface area contributed by atoms with Crippen LogP contribution in [0.25, 0.3) is 10.9 Å². The maximum absolute atomic E-state index is 12.0. The Balaban J connectivity index is 1.79. The molecular weight excluding hydrogens is 264 g/mol. The van der Waals surface area contributed by atoms with Crippen LogP contribution in [0.15, 0.2) is 65.5 Å². The zero-order valence-electron chi connectivity index (χ0n) is 11.5. The zero-order valence-corrected chi connectivity index (χ0v) is 11.5. The number of nitrogens with two attached hydrogens (primary N) is 1. The van der Waals surface area contributed by atoms with Gasteiger partial charge in [-0.1, -0.05) is 24.3 Å². The number of nitrogen functional groups attached to an aromatic ring is 1. The van der Waals surface area contributed by atoms with Gasteiger partial charge in [-0.15, -0.1) is 0 Å². The summed E-state index contributed by atoms with van der Waals surface area (Å²) >= 11 is 0. The molecule has 0 saturated heterocycles. The minimum Gasteiger partial charge on any atom is -0.492 e. The Morgan fingerprint density at radius 3 is 2.71 bits per heavy atom. The first-order chi connectivity index (χ1) is 10.2. The molecule has 0 fully saturated rings. The van der Waals surface area contributed by atoms with Crippen LogP contribution in [-0.4, -0.2) is 11.2 Å². The van der Waals surface area contributed by atoms with Gasteiger partial charge in [-0.25, -0.2) is 0 Å². The van der Waals surface area contributed by atoms with E-state index in [9.17, 15) is 4.79 Å². The lowest BCUT2D eigenvalue weighted by atomic mass is 10.2. The second kappa shape index (κ2) is 5.71. The highest BCUT2D eigenvalue weighted by molar-refractivity contribution is 5.78. The molecule has 0 spiro atoms. The molecule has 21 heavy (non-hydrogen) atoms. The van der Waals surface area contributed by atoms with E-state index in [1.807, 2.05) is 48.5 Å². The molecular formula is C17H16N2O2. The van der Waals surface area contributed by atoms with Gasteiger partial charge in [0.05, 0.1) is 12.1 Å². The summed E-state index contributed by atoms with van der Waals surface area (Å²) in [6.07, 6.45) is 0. The zero-order chi connectivity index (χ0) is 14.7. The van der Waals surface area contributed by atoms with Crippen molar-refractivity contribution in [3.8, 4) is 5.75 Å². The summed E-state index contributed by atoms with van der Waals surface area (Å²) < 4.78 is 7.38. The average molecular weight is 280 g/mol. The molecule has 106 valence electrons. The normalized spacial score (nSPS) is 10.7. The monoisotopic (exact) mass is 280 g/mol. The average Bonchev–Trinajstić information content (AvgIpc) is 2.50. The molecule has 0 radical (unpaired) electrons. The second-order valence-electron chi connectivity index (χ2n) is 4.80. The van der Waals surface area contributed by atoms with Crippen LogP contribution in [0.1, 0.15) is 0 Å². The summed E-state index contributed by atoms with van der Waals surface area (Å²) in [5.41, 5.74) is 7.26. The Labute approximate surface area is 122 Å². The van der Waals surface area contributed by atoms with E-state index in [1.165, 1.54) is 0 Å². The fourth-order valence-electron chi connectivity index (χ4n) is 2.33. The van der Waals surface area contributed by atoms with Gasteiger partial charge in [0.25, 0.3) is 5.56 Å². The van der Waals surface area contributed by atoms with E-state index >= 15 is 0 Å². The molecule has 0 aliphatic heterocycles. The number of nitrogens with zero attached hydrogens (tertiary/aromatic N) is 1. The largest absolute Gasteiger partial charge is 0.492 e. The summed E-state index contributed by atoms with van der Waals surface area (Å²) in [6, 6.07) is 18.5. The Bertz CT molecular complexity index is 824. The minimum absolute atomic E-state index is 0.0233. The standard InChI is InChI=1S/C17H16N2O2/c18-14-5-3-6-15(12-14)21-11-10-19-16-7-2-1-4-13(16)8-9-17(19)20/h1-9,12H,10-11,18H2. The van der Waals surface area contributed by atoms with Gasteiger partial charge in [-0.3, -0.25) is 4.79 Å². The van der Waals surface area contributed by atoms with Crippen LogP contribution in [0.5, 0.6) is 5.75 Å². The van der Waals surface area contributed by atoms with Crippen molar-refractivity contribution < 1.29 is 4.74 Å². The van der Waals surface area contributed by atoms with Gasteiger partial charge in [0.1, 0.15) is 12.4 Å². The van der Waals surface area contributed by atoms with Crippen LogP contribution in [0.4, 0.5) is 5.69 Å². The smallest absolute Gasteiger partial charge is 0.251 e. The molecule has 2 N–H and O–H groups in total. The number of fused-ring (bicyclic) bond motifs is 1. The van der Waals surface area contributed by atoms with Crippen LogP contribution in [0.3, 0.4) is 0 Å². The number of para-hydroxylation sites is 1. The summed E-state index contributed by atoms with van der Waals surface area (Å²) in [4.78, 5) is 12.0. The van der Waals surface area contributed by atoms with E-state index < -0.39 is 0 Å². The van der Waals surface area contributed by atoms with Crippen molar-refractivity contribution in [3.63, 3.8) is 0 Å². The van der Waals surface area contributed by atoms with Gasteiger partial charge < -0.3 is 15.0 Å². The lowest BCUT2D eigenvalue weighted by Gasteiger charge is -2.11. The van der Waals surface area contributed by atoms with Gasteiger partial charge in [-0.2, -0.15) is 0 Å². The summed E-state index contributed by atoms with van der Waals surface area (Å²) in [6.45, 7) is 0.909. The first kappa shape index (κ1) is 13.2. The Hall–Kier alpha value is -2.75. The van der Waals surface area contributed by atoms with Crippen molar-refractivity contribution >= 4 is 16.6 Å². The SMILES string of the molecule is Nc1cccc(OCCn2c(=O)ccc3ccccc32)c1. The number of anilines is 1.